The van der Waals surface area contributed by atoms with Gasteiger partial charge in [-0.05, 0) is 61.4 Å². The number of hydrogen-bond acceptors (Lipinski definition) is 2. The lowest BCUT2D eigenvalue weighted by atomic mass is 9.90. The second-order valence-electron chi connectivity index (χ2n) is 6.93. The fourth-order valence-corrected chi connectivity index (χ4v) is 3.49. The molecule has 1 atom stereocenters. The van der Waals surface area contributed by atoms with Crippen molar-refractivity contribution in [3.8, 4) is 5.75 Å². The van der Waals surface area contributed by atoms with Crippen LogP contribution in [0.4, 0.5) is 4.39 Å². The standard InChI is InChI=1S/C22H26FNO2/c1-2-21(26-20-10-8-19(23)9-11-20)22(25)24-14-12-18(13-15-24)16-17-6-4-3-5-7-17/h3-11,18,21H,2,12-16H2,1H3. The second-order valence-corrected chi connectivity index (χ2v) is 6.93. The van der Waals surface area contributed by atoms with Gasteiger partial charge in [0.1, 0.15) is 11.6 Å². The number of hydrogen-bond donors (Lipinski definition) is 0. The van der Waals surface area contributed by atoms with E-state index in [1.165, 1.54) is 17.7 Å². The zero-order valence-electron chi connectivity index (χ0n) is 15.2. The first kappa shape index (κ1) is 18.4. The molecule has 1 fully saturated rings. The number of nitrogens with zero attached hydrogens (tertiary/aromatic N) is 1. The van der Waals surface area contributed by atoms with Gasteiger partial charge in [-0.1, -0.05) is 37.3 Å². The summed E-state index contributed by atoms with van der Waals surface area (Å²) in [4.78, 5) is 14.7. The minimum absolute atomic E-state index is 0.0370. The van der Waals surface area contributed by atoms with Gasteiger partial charge < -0.3 is 9.64 Å². The molecule has 1 saturated heterocycles. The summed E-state index contributed by atoms with van der Waals surface area (Å²) in [6, 6.07) is 16.4. The zero-order chi connectivity index (χ0) is 18.4. The van der Waals surface area contributed by atoms with Crippen molar-refractivity contribution in [3.05, 3.63) is 66.0 Å². The van der Waals surface area contributed by atoms with Gasteiger partial charge in [-0.2, -0.15) is 0 Å². The van der Waals surface area contributed by atoms with Crippen LogP contribution in [0.1, 0.15) is 31.7 Å². The van der Waals surface area contributed by atoms with Crippen molar-refractivity contribution < 1.29 is 13.9 Å². The molecular formula is C22H26FNO2. The number of halogens is 1. The van der Waals surface area contributed by atoms with Crippen LogP contribution in [0.25, 0.3) is 0 Å². The molecule has 2 aromatic rings. The molecule has 1 aliphatic heterocycles. The van der Waals surface area contributed by atoms with Crippen LogP contribution in [0.3, 0.4) is 0 Å². The van der Waals surface area contributed by atoms with Crippen LogP contribution >= 0.6 is 0 Å². The maximum Gasteiger partial charge on any atom is 0.263 e. The predicted molar refractivity (Wildman–Crippen MR) is 101 cm³/mol. The molecule has 0 radical (unpaired) electrons. The highest BCUT2D eigenvalue weighted by molar-refractivity contribution is 5.81. The Morgan fingerprint density at radius 2 is 1.77 bits per heavy atom. The molecule has 4 heteroatoms. The number of carbonyl (C=O) groups is 1. The summed E-state index contributed by atoms with van der Waals surface area (Å²) >= 11 is 0. The quantitative estimate of drug-likeness (QED) is 0.765. The molecule has 1 amide bonds. The minimum atomic E-state index is -0.508. The highest BCUT2D eigenvalue weighted by Gasteiger charge is 2.28. The molecule has 3 nitrogen and oxygen atoms in total. The van der Waals surface area contributed by atoms with Gasteiger partial charge in [0.2, 0.25) is 0 Å². The Hall–Kier alpha value is -2.36. The Morgan fingerprint density at radius 1 is 1.12 bits per heavy atom. The number of ether oxygens (including phenoxy) is 1. The first-order valence-corrected chi connectivity index (χ1v) is 9.40. The summed E-state index contributed by atoms with van der Waals surface area (Å²) in [7, 11) is 0. The monoisotopic (exact) mass is 355 g/mol. The number of amides is 1. The third-order valence-corrected chi connectivity index (χ3v) is 5.03. The smallest absolute Gasteiger partial charge is 0.263 e. The van der Waals surface area contributed by atoms with E-state index in [9.17, 15) is 9.18 Å². The van der Waals surface area contributed by atoms with E-state index in [1.807, 2.05) is 17.9 Å². The van der Waals surface area contributed by atoms with Crippen LogP contribution in [0.2, 0.25) is 0 Å². The average Bonchev–Trinajstić information content (AvgIpc) is 2.68. The van der Waals surface area contributed by atoms with Crippen molar-refractivity contribution in [2.24, 2.45) is 5.92 Å². The van der Waals surface area contributed by atoms with Crippen LogP contribution in [0, 0.1) is 11.7 Å². The molecule has 1 heterocycles. The number of likely N-dealkylation sites (tertiary alicyclic amines) is 1. The van der Waals surface area contributed by atoms with Gasteiger partial charge in [-0.25, -0.2) is 4.39 Å². The Bertz CT molecular complexity index is 694. The van der Waals surface area contributed by atoms with Crippen LogP contribution in [0.5, 0.6) is 5.75 Å². The number of benzene rings is 2. The normalized spacial score (nSPS) is 16.3. The van der Waals surface area contributed by atoms with Crippen molar-refractivity contribution in [2.45, 2.75) is 38.7 Å². The van der Waals surface area contributed by atoms with E-state index in [0.29, 0.717) is 18.1 Å². The van der Waals surface area contributed by atoms with Crippen molar-refractivity contribution in [3.63, 3.8) is 0 Å². The topological polar surface area (TPSA) is 29.5 Å². The molecule has 2 aromatic carbocycles. The highest BCUT2D eigenvalue weighted by atomic mass is 19.1. The summed E-state index contributed by atoms with van der Waals surface area (Å²) < 4.78 is 18.8. The Balaban J connectivity index is 1.52. The Labute approximate surface area is 154 Å². The Morgan fingerprint density at radius 3 is 2.38 bits per heavy atom. The third-order valence-electron chi connectivity index (χ3n) is 5.03. The number of piperidine rings is 1. The SMILES string of the molecule is CCC(Oc1ccc(F)cc1)C(=O)N1CCC(Cc2ccccc2)CC1. The molecule has 138 valence electrons. The average molecular weight is 355 g/mol. The van der Waals surface area contributed by atoms with Gasteiger partial charge in [-0.15, -0.1) is 0 Å². The molecule has 0 saturated carbocycles. The van der Waals surface area contributed by atoms with E-state index in [0.717, 1.165) is 32.4 Å². The van der Waals surface area contributed by atoms with E-state index < -0.39 is 6.10 Å². The summed E-state index contributed by atoms with van der Waals surface area (Å²) in [5, 5.41) is 0. The van der Waals surface area contributed by atoms with E-state index in [1.54, 1.807) is 12.1 Å². The maximum absolute atomic E-state index is 13.0. The first-order chi connectivity index (χ1) is 12.7. The highest BCUT2D eigenvalue weighted by Crippen LogP contribution is 2.23. The fourth-order valence-electron chi connectivity index (χ4n) is 3.49. The van der Waals surface area contributed by atoms with Gasteiger partial charge >= 0.3 is 0 Å². The van der Waals surface area contributed by atoms with Crippen molar-refractivity contribution >= 4 is 5.91 Å². The van der Waals surface area contributed by atoms with Gasteiger partial charge in [0.15, 0.2) is 6.10 Å². The third kappa shape index (κ3) is 4.84. The first-order valence-electron chi connectivity index (χ1n) is 9.40. The lowest BCUT2D eigenvalue weighted by Crippen LogP contribution is -2.45. The summed E-state index contributed by atoms with van der Waals surface area (Å²) in [5.41, 5.74) is 1.36. The van der Waals surface area contributed by atoms with Crippen molar-refractivity contribution in [2.75, 3.05) is 13.1 Å². The zero-order valence-corrected chi connectivity index (χ0v) is 15.2. The largest absolute Gasteiger partial charge is 0.481 e. The molecule has 1 unspecified atom stereocenters. The van der Waals surface area contributed by atoms with Gasteiger partial charge in [0.05, 0.1) is 0 Å². The molecule has 3 rings (SSSR count). The summed E-state index contributed by atoms with van der Waals surface area (Å²) in [6.07, 6.45) is 3.21. The lowest BCUT2D eigenvalue weighted by molar-refractivity contribution is -0.140. The number of rotatable bonds is 6. The minimum Gasteiger partial charge on any atom is -0.481 e. The van der Waals surface area contributed by atoms with E-state index in [-0.39, 0.29) is 11.7 Å². The fraction of sp³-hybridized carbons (Fsp3) is 0.409. The van der Waals surface area contributed by atoms with E-state index in [4.69, 9.17) is 4.74 Å². The second kappa shape index (κ2) is 8.84. The summed E-state index contributed by atoms with van der Waals surface area (Å²) in [6.45, 7) is 3.49. The molecule has 0 N–H and O–H groups in total. The van der Waals surface area contributed by atoms with Crippen molar-refractivity contribution in [1.82, 2.24) is 4.90 Å². The molecule has 26 heavy (non-hydrogen) atoms. The van der Waals surface area contributed by atoms with E-state index >= 15 is 0 Å². The van der Waals surface area contributed by atoms with Gasteiger partial charge in [-0.3, -0.25) is 4.79 Å². The molecule has 0 spiro atoms. The van der Waals surface area contributed by atoms with Crippen LogP contribution < -0.4 is 4.74 Å². The molecule has 0 aromatic heterocycles. The maximum atomic E-state index is 13.0. The molecule has 1 aliphatic rings. The lowest BCUT2D eigenvalue weighted by Gasteiger charge is -2.34. The molecule has 0 bridgehead atoms. The van der Waals surface area contributed by atoms with Crippen molar-refractivity contribution in [1.29, 1.82) is 0 Å². The van der Waals surface area contributed by atoms with Crippen LogP contribution in [-0.4, -0.2) is 30.0 Å². The molecular weight excluding hydrogens is 329 g/mol. The molecule has 0 aliphatic carbocycles. The van der Waals surface area contributed by atoms with Crippen LogP contribution in [0.15, 0.2) is 54.6 Å². The van der Waals surface area contributed by atoms with Gasteiger partial charge in [0.25, 0.3) is 5.91 Å². The Kier molecular flexibility index (Phi) is 6.26. The number of carbonyl (C=O) groups excluding carboxylic acids is 1. The van der Waals surface area contributed by atoms with Gasteiger partial charge in [0, 0.05) is 13.1 Å². The predicted octanol–water partition coefficient (Wildman–Crippen LogP) is 4.46. The summed E-state index contributed by atoms with van der Waals surface area (Å²) in [5.74, 6) is 0.886. The van der Waals surface area contributed by atoms with Crippen LogP contribution in [-0.2, 0) is 11.2 Å². The van der Waals surface area contributed by atoms with E-state index in [2.05, 4.69) is 24.3 Å².